The molecule has 1 aromatic heterocycles. The summed E-state index contributed by atoms with van der Waals surface area (Å²) in [5, 5.41) is 7.79. The molecule has 1 atom stereocenters. The lowest BCUT2D eigenvalue weighted by atomic mass is 10.0. The van der Waals surface area contributed by atoms with Crippen LogP contribution in [-0.4, -0.2) is 65.4 Å². The molecule has 0 amide bonds. The van der Waals surface area contributed by atoms with Crippen molar-refractivity contribution in [1.82, 2.24) is 20.1 Å². The average molecular weight is 445 g/mol. The second-order valence-corrected chi connectivity index (χ2v) is 8.69. The molecule has 0 saturated carbocycles. The zero-order valence-corrected chi connectivity index (χ0v) is 17.8. The molecule has 2 fully saturated rings. The Bertz CT molecular complexity index is 1060. The molecule has 3 aromatic rings. The molecular formula is C23H26F3N5O. The van der Waals surface area contributed by atoms with E-state index in [1.54, 1.807) is 6.07 Å². The Kier molecular flexibility index (Phi) is 5.77. The number of anilines is 1. The van der Waals surface area contributed by atoms with Crippen LogP contribution in [0.25, 0.3) is 11.0 Å². The highest BCUT2D eigenvalue weighted by Crippen LogP contribution is 2.32. The minimum Gasteiger partial charge on any atom is -0.369 e. The molecular weight excluding hydrogens is 419 g/mol. The molecule has 2 aliphatic rings. The summed E-state index contributed by atoms with van der Waals surface area (Å²) in [6.07, 6.45) is -2.00. The van der Waals surface area contributed by atoms with E-state index in [1.807, 2.05) is 12.1 Å². The van der Waals surface area contributed by atoms with E-state index in [-0.39, 0.29) is 0 Å². The van der Waals surface area contributed by atoms with Crippen LogP contribution < -0.4 is 4.90 Å². The van der Waals surface area contributed by atoms with Crippen molar-refractivity contribution in [2.75, 3.05) is 44.2 Å². The van der Waals surface area contributed by atoms with Crippen molar-refractivity contribution in [3.05, 3.63) is 53.6 Å². The van der Waals surface area contributed by atoms with E-state index in [0.29, 0.717) is 11.7 Å². The number of benzene rings is 2. The standard InChI is InChI=1S/C23H26F3N5O/c24-23(25,26)18-3-1-4-19(14-18)30-9-11-31(12-10-30)20-5-2-8-29(16-20)15-17-6-7-21-22(13-17)28-32-27-21/h1,3-4,6-7,13-14,20H,2,5,8-12,15-16H2. The normalized spacial score (nSPS) is 21.3. The molecule has 170 valence electrons. The zero-order chi connectivity index (χ0) is 22.1. The summed E-state index contributed by atoms with van der Waals surface area (Å²) < 4.78 is 43.9. The molecule has 6 nitrogen and oxygen atoms in total. The van der Waals surface area contributed by atoms with Gasteiger partial charge in [0.05, 0.1) is 5.56 Å². The minimum absolute atomic E-state index is 0.477. The van der Waals surface area contributed by atoms with Gasteiger partial charge in [-0.15, -0.1) is 0 Å². The Hall–Kier alpha value is -2.65. The second kappa shape index (κ2) is 8.71. The Morgan fingerprint density at radius 3 is 2.56 bits per heavy atom. The van der Waals surface area contributed by atoms with Crippen LogP contribution in [-0.2, 0) is 12.7 Å². The summed E-state index contributed by atoms with van der Waals surface area (Å²) in [5.74, 6) is 0. The van der Waals surface area contributed by atoms with Gasteiger partial charge in [-0.3, -0.25) is 9.80 Å². The largest absolute Gasteiger partial charge is 0.416 e. The summed E-state index contributed by atoms with van der Waals surface area (Å²) in [4.78, 5) is 7.04. The molecule has 0 N–H and O–H groups in total. The third-order valence-electron chi connectivity index (χ3n) is 6.57. The van der Waals surface area contributed by atoms with Crippen molar-refractivity contribution < 1.29 is 17.8 Å². The maximum atomic E-state index is 13.1. The van der Waals surface area contributed by atoms with Crippen molar-refractivity contribution >= 4 is 16.7 Å². The van der Waals surface area contributed by atoms with E-state index in [1.165, 1.54) is 17.7 Å². The maximum absolute atomic E-state index is 13.1. The Morgan fingerprint density at radius 1 is 0.938 bits per heavy atom. The maximum Gasteiger partial charge on any atom is 0.416 e. The molecule has 2 aromatic carbocycles. The van der Waals surface area contributed by atoms with Gasteiger partial charge in [0, 0.05) is 51.0 Å². The Morgan fingerprint density at radius 2 is 1.75 bits per heavy atom. The molecule has 0 spiro atoms. The molecule has 0 radical (unpaired) electrons. The van der Waals surface area contributed by atoms with E-state index in [0.717, 1.165) is 75.8 Å². The zero-order valence-electron chi connectivity index (χ0n) is 17.8. The number of hydrogen-bond acceptors (Lipinski definition) is 6. The number of likely N-dealkylation sites (tertiary alicyclic amines) is 1. The third kappa shape index (κ3) is 4.59. The molecule has 9 heteroatoms. The number of alkyl halides is 3. The van der Waals surface area contributed by atoms with Crippen LogP contribution in [0, 0.1) is 0 Å². The Labute approximate surface area is 184 Å². The number of nitrogens with zero attached hydrogens (tertiary/aromatic N) is 5. The topological polar surface area (TPSA) is 48.6 Å². The molecule has 3 heterocycles. The summed E-state index contributed by atoms with van der Waals surface area (Å²) in [7, 11) is 0. The fraction of sp³-hybridized carbons (Fsp3) is 0.478. The van der Waals surface area contributed by atoms with E-state index >= 15 is 0 Å². The van der Waals surface area contributed by atoms with Gasteiger partial charge >= 0.3 is 6.18 Å². The van der Waals surface area contributed by atoms with Gasteiger partial charge in [-0.05, 0) is 65.6 Å². The lowest BCUT2D eigenvalue weighted by Crippen LogP contribution is -2.55. The van der Waals surface area contributed by atoms with E-state index in [2.05, 4.69) is 31.1 Å². The first kappa shape index (κ1) is 21.2. The summed E-state index contributed by atoms with van der Waals surface area (Å²) in [5.41, 5.74) is 2.82. The van der Waals surface area contributed by atoms with Gasteiger partial charge in [-0.25, -0.2) is 4.63 Å². The number of piperazine rings is 1. The fourth-order valence-electron chi connectivity index (χ4n) is 4.88. The number of fused-ring (bicyclic) bond motifs is 1. The number of aromatic nitrogens is 2. The van der Waals surface area contributed by atoms with Gasteiger partial charge in [0.1, 0.15) is 11.0 Å². The molecule has 2 saturated heterocycles. The number of hydrogen-bond donors (Lipinski definition) is 0. The first-order chi connectivity index (χ1) is 15.5. The van der Waals surface area contributed by atoms with Gasteiger partial charge in [-0.1, -0.05) is 12.1 Å². The van der Waals surface area contributed by atoms with Crippen LogP contribution in [0.5, 0.6) is 0 Å². The van der Waals surface area contributed by atoms with Crippen LogP contribution in [0.3, 0.4) is 0 Å². The lowest BCUT2D eigenvalue weighted by Gasteiger charge is -2.44. The van der Waals surface area contributed by atoms with Crippen molar-refractivity contribution in [1.29, 1.82) is 0 Å². The molecule has 0 aliphatic carbocycles. The molecule has 32 heavy (non-hydrogen) atoms. The predicted octanol–water partition coefficient (Wildman–Crippen LogP) is 4.03. The highest BCUT2D eigenvalue weighted by molar-refractivity contribution is 5.73. The van der Waals surface area contributed by atoms with Crippen molar-refractivity contribution in [2.24, 2.45) is 0 Å². The lowest BCUT2D eigenvalue weighted by molar-refractivity contribution is -0.137. The number of rotatable bonds is 4. The van der Waals surface area contributed by atoms with Crippen molar-refractivity contribution in [2.45, 2.75) is 31.6 Å². The average Bonchev–Trinajstić information content (AvgIpc) is 3.27. The summed E-state index contributed by atoms with van der Waals surface area (Å²) in [6.45, 7) is 6.15. The highest BCUT2D eigenvalue weighted by atomic mass is 19.4. The van der Waals surface area contributed by atoms with Gasteiger partial charge in [0.2, 0.25) is 0 Å². The minimum atomic E-state index is -4.31. The number of piperidine rings is 1. The third-order valence-corrected chi connectivity index (χ3v) is 6.57. The van der Waals surface area contributed by atoms with Crippen LogP contribution >= 0.6 is 0 Å². The van der Waals surface area contributed by atoms with Gasteiger partial charge in [0.25, 0.3) is 0 Å². The first-order valence-electron chi connectivity index (χ1n) is 11.1. The van der Waals surface area contributed by atoms with E-state index in [9.17, 15) is 13.2 Å². The molecule has 0 bridgehead atoms. The van der Waals surface area contributed by atoms with Crippen LogP contribution in [0.4, 0.5) is 18.9 Å². The number of halogens is 3. The predicted molar refractivity (Wildman–Crippen MR) is 115 cm³/mol. The first-order valence-corrected chi connectivity index (χ1v) is 11.1. The molecule has 2 aliphatic heterocycles. The quantitative estimate of drug-likeness (QED) is 0.605. The summed E-state index contributed by atoms with van der Waals surface area (Å²) >= 11 is 0. The Balaban J connectivity index is 1.17. The fourth-order valence-corrected chi connectivity index (χ4v) is 4.88. The molecule has 1 unspecified atom stereocenters. The van der Waals surface area contributed by atoms with Crippen LogP contribution in [0.1, 0.15) is 24.0 Å². The van der Waals surface area contributed by atoms with E-state index < -0.39 is 11.7 Å². The van der Waals surface area contributed by atoms with Gasteiger partial charge < -0.3 is 4.90 Å². The summed E-state index contributed by atoms with van der Waals surface area (Å²) in [6, 6.07) is 12.2. The highest BCUT2D eigenvalue weighted by Gasteiger charge is 2.32. The SMILES string of the molecule is FC(F)(F)c1cccc(N2CCN(C3CCCN(Cc4ccc5nonc5c4)C3)CC2)c1. The smallest absolute Gasteiger partial charge is 0.369 e. The monoisotopic (exact) mass is 445 g/mol. The van der Waals surface area contributed by atoms with E-state index in [4.69, 9.17) is 4.63 Å². The van der Waals surface area contributed by atoms with Crippen LogP contribution in [0.2, 0.25) is 0 Å². The van der Waals surface area contributed by atoms with Gasteiger partial charge in [-0.2, -0.15) is 13.2 Å². The van der Waals surface area contributed by atoms with Crippen molar-refractivity contribution in [3.63, 3.8) is 0 Å². The van der Waals surface area contributed by atoms with Crippen molar-refractivity contribution in [3.8, 4) is 0 Å². The molecule has 5 rings (SSSR count). The van der Waals surface area contributed by atoms with Gasteiger partial charge in [0.15, 0.2) is 0 Å². The van der Waals surface area contributed by atoms with Crippen LogP contribution in [0.15, 0.2) is 47.1 Å². The second-order valence-electron chi connectivity index (χ2n) is 8.69.